The van der Waals surface area contributed by atoms with Crippen molar-refractivity contribution in [1.29, 1.82) is 0 Å². The first-order chi connectivity index (χ1) is 14.6. The van der Waals surface area contributed by atoms with E-state index in [0.29, 0.717) is 6.54 Å². The van der Waals surface area contributed by atoms with Crippen LogP contribution in [-0.4, -0.2) is 60.3 Å². The van der Waals surface area contributed by atoms with Crippen LogP contribution in [0.2, 0.25) is 0 Å². The second kappa shape index (κ2) is 11.1. The van der Waals surface area contributed by atoms with Gasteiger partial charge in [-0.1, -0.05) is 37.6 Å². The molecule has 3 rings (SSSR count). The molecule has 2 heterocycles. The Morgan fingerprint density at radius 3 is 2.73 bits per heavy atom. The number of carbonyl (C=O) groups is 1. The van der Waals surface area contributed by atoms with Crippen molar-refractivity contribution in [2.24, 2.45) is 5.92 Å². The summed E-state index contributed by atoms with van der Waals surface area (Å²) in [6.45, 7) is 12.0. The van der Waals surface area contributed by atoms with Crippen LogP contribution in [0.25, 0.3) is 11.3 Å². The normalized spacial score (nSPS) is 16.7. The molecule has 1 fully saturated rings. The Labute approximate surface area is 180 Å². The average molecular weight is 410 g/mol. The summed E-state index contributed by atoms with van der Waals surface area (Å²) in [4.78, 5) is 17.2. The Bertz CT molecular complexity index is 803. The van der Waals surface area contributed by atoms with E-state index < -0.39 is 0 Å². The first kappa shape index (κ1) is 22.2. The van der Waals surface area contributed by atoms with E-state index in [1.807, 2.05) is 18.2 Å². The Kier molecular flexibility index (Phi) is 8.20. The van der Waals surface area contributed by atoms with Gasteiger partial charge in [-0.15, -0.1) is 10.2 Å². The first-order valence-electron chi connectivity index (χ1n) is 11.3. The van der Waals surface area contributed by atoms with Crippen LogP contribution < -0.4 is 10.2 Å². The Balaban J connectivity index is 1.52. The van der Waals surface area contributed by atoms with E-state index in [0.717, 1.165) is 69.1 Å². The zero-order valence-electron chi connectivity index (χ0n) is 18.6. The molecule has 0 aliphatic carbocycles. The highest BCUT2D eigenvalue weighted by molar-refractivity contribution is 5.79. The van der Waals surface area contributed by atoms with Gasteiger partial charge in [0.15, 0.2) is 5.82 Å². The monoisotopic (exact) mass is 409 g/mol. The Morgan fingerprint density at radius 1 is 1.20 bits per heavy atom. The van der Waals surface area contributed by atoms with E-state index >= 15 is 0 Å². The van der Waals surface area contributed by atoms with Crippen molar-refractivity contribution in [2.45, 2.75) is 40.0 Å². The van der Waals surface area contributed by atoms with Gasteiger partial charge in [0, 0.05) is 25.2 Å². The summed E-state index contributed by atoms with van der Waals surface area (Å²) in [6, 6.07) is 12.3. The van der Waals surface area contributed by atoms with E-state index in [9.17, 15) is 4.79 Å². The van der Waals surface area contributed by atoms with Crippen molar-refractivity contribution in [1.82, 2.24) is 20.4 Å². The number of hydrogen-bond donors (Lipinski definition) is 1. The molecule has 6 heteroatoms. The lowest BCUT2D eigenvalue weighted by Gasteiger charge is -2.32. The summed E-state index contributed by atoms with van der Waals surface area (Å²) in [6.07, 6.45) is 2.93. The van der Waals surface area contributed by atoms with E-state index in [1.165, 1.54) is 5.56 Å². The fourth-order valence-electron chi connectivity index (χ4n) is 4.05. The molecule has 0 saturated carbocycles. The molecular weight excluding hydrogens is 374 g/mol. The van der Waals surface area contributed by atoms with Gasteiger partial charge in [-0.2, -0.15) is 0 Å². The molecule has 1 aliphatic rings. The van der Waals surface area contributed by atoms with Gasteiger partial charge in [0.1, 0.15) is 0 Å². The largest absolute Gasteiger partial charge is 0.356 e. The summed E-state index contributed by atoms with van der Waals surface area (Å²) < 4.78 is 0. The minimum absolute atomic E-state index is 0.0189. The predicted octanol–water partition coefficient (Wildman–Crippen LogP) is 3.52. The maximum Gasteiger partial charge on any atom is 0.224 e. The Morgan fingerprint density at radius 2 is 2.03 bits per heavy atom. The number of hydrogen-bond acceptors (Lipinski definition) is 5. The van der Waals surface area contributed by atoms with Crippen molar-refractivity contribution >= 4 is 11.7 Å². The number of aryl methyl sites for hydroxylation is 1. The maximum atomic E-state index is 12.6. The molecule has 162 valence electrons. The number of rotatable bonds is 9. The third-order valence-electron chi connectivity index (χ3n) is 5.93. The molecule has 0 bridgehead atoms. The fourth-order valence-corrected chi connectivity index (χ4v) is 4.05. The van der Waals surface area contributed by atoms with Crippen molar-refractivity contribution in [3.63, 3.8) is 0 Å². The smallest absolute Gasteiger partial charge is 0.224 e. The van der Waals surface area contributed by atoms with Gasteiger partial charge >= 0.3 is 0 Å². The highest BCUT2D eigenvalue weighted by Crippen LogP contribution is 2.23. The van der Waals surface area contributed by atoms with Gasteiger partial charge in [-0.25, -0.2) is 0 Å². The molecule has 1 unspecified atom stereocenters. The minimum Gasteiger partial charge on any atom is -0.356 e. The molecule has 1 N–H and O–H groups in total. The highest BCUT2D eigenvalue weighted by Gasteiger charge is 2.26. The minimum atomic E-state index is 0.0189. The van der Waals surface area contributed by atoms with Crippen molar-refractivity contribution in [3.8, 4) is 11.3 Å². The van der Waals surface area contributed by atoms with Gasteiger partial charge in [-0.05, 0) is 64.0 Å². The number of aromatic nitrogens is 2. The molecule has 1 aliphatic heterocycles. The fraction of sp³-hybridized carbons (Fsp3) is 0.542. The third kappa shape index (κ3) is 6.02. The van der Waals surface area contributed by atoms with Crippen molar-refractivity contribution in [2.75, 3.05) is 44.2 Å². The van der Waals surface area contributed by atoms with Gasteiger partial charge in [0.2, 0.25) is 5.91 Å². The van der Waals surface area contributed by atoms with Crippen LogP contribution in [0.5, 0.6) is 0 Å². The number of nitrogens with one attached hydrogen (secondary N) is 1. The van der Waals surface area contributed by atoms with E-state index in [-0.39, 0.29) is 11.8 Å². The SMILES string of the molecule is CCN(CC)CCCNC(=O)C1CCCN(c2ccc(-c3cccc(C)c3)nn2)C1. The molecule has 1 aromatic heterocycles. The quantitative estimate of drug-likeness (QED) is 0.642. The highest BCUT2D eigenvalue weighted by atomic mass is 16.1. The van der Waals surface area contributed by atoms with Crippen molar-refractivity contribution < 1.29 is 4.79 Å². The molecule has 6 nitrogen and oxygen atoms in total. The third-order valence-corrected chi connectivity index (χ3v) is 5.93. The molecule has 0 radical (unpaired) electrons. The molecule has 30 heavy (non-hydrogen) atoms. The number of anilines is 1. The van der Waals surface area contributed by atoms with E-state index in [2.05, 4.69) is 64.3 Å². The van der Waals surface area contributed by atoms with Gasteiger partial charge in [0.05, 0.1) is 11.6 Å². The van der Waals surface area contributed by atoms with Crippen LogP contribution in [-0.2, 0) is 4.79 Å². The van der Waals surface area contributed by atoms with Crippen LogP contribution in [0.3, 0.4) is 0 Å². The second-order valence-corrected chi connectivity index (χ2v) is 8.10. The zero-order valence-corrected chi connectivity index (χ0v) is 18.6. The van der Waals surface area contributed by atoms with Gasteiger partial charge in [0.25, 0.3) is 0 Å². The zero-order chi connectivity index (χ0) is 21.3. The second-order valence-electron chi connectivity index (χ2n) is 8.10. The van der Waals surface area contributed by atoms with Crippen LogP contribution >= 0.6 is 0 Å². The summed E-state index contributed by atoms with van der Waals surface area (Å²) in [7, 11) is 0. The van der Waals surface area contributed by atoms with Crippen LogP contribution in [0.15, 0.2) is 36.4 Å². The lowest BCUT2D eigenvalue weighted by atomic mass is 9.97. The molecule has 2 aromatic rings. The maximum absolute atomic E-state index is 12.6. The van der Waals surface area contributed by atoms with Gasteiger partial charge in [-0.3, -0.25) is 4.79 Å². The van der Waals surface area contributed by atoms with Gasteiger partial charge < -0.3 is 15.1 Å². The summed E-state index contributed by atoms with van der Waals surface area (Å²) in [5, 5.41) is 12.0. The molecule has 0 spiro atoms. The number of nitrogens with zero attached hydrogens (tertiary/aromatic N) is 4. The topological polar surface area (TPSA) is 61.4 Å². The number of benzene rings is 1. The lowest BCUT2D eigenvalue weighted by molar-refractivity contribution is -0.125. The average Bonchev–Trinajstić information content (AvgIpc) is 2.79. The van der Waals surface area contributed by atoms with E-state index in [4.69, 9.17) is 0 Å². The number of piperidine rings is 1. The van der Waals surface area contributed by atoms with Crippen LogP contribution in [0.4, 0.5) is 5.82 Å². The standard InChI is InChI=1S/C24H35N5O/c1-4-28(5-2)15-8-14-25-24(30)21-11-7-16-29(18-21)23-13-12-22(26-27-23)20-10-6-9-19(3)17-20/h6,9-10,12-13,17,21H,4-5,7-8,11,14-16,18H2,1-3H3,(H,25,30). The number of carbonyl (C=O) groups excluding carboxylic acids is 1. The molecule has 1 aromatic carbocycles. The van der Waals surface area contributed by atoms with E-state index in [1.54, 1.807) is 0 Å². The lowest BCUT2D eigenvalue weighted by Crippen LogP contribution is -2.44. The van der Waals surface area contributed by atoms with Crippen LogP contribution in [0, 0.1) is 12.8 Å². The molecule has 1 atom stereocenters. The predicted molar refractivity (Wildman–Crippen MR) is 123 cm³/mol. The molecule has 1 amide bonds. The Hall–Kier alpha value is -2.47. The first-order valence-corrected chi connectivity index (χ1v) is 11.3. The molecule has 1 saturated heterocycles. The molecular formula is C24H35N5O. The summed E-state index contributed by atoms with van der Waals surface area (Å²) >= 11 is 0. The summed E-state index contributed by atoms with van der Waals surface area (Å²) in [5.41, 5.74) is 3.16. The number of amides is 1. The van der Waals surface area contributed by atoms with Crippen LogP contribution in [0.1, 0.15) is 38.7 Å². The van der Waals surface area contributed by atoms with Crippen molar-refractivity contribution in [3.05, 3.63) is 42.0 Å². The summed E-state index contributed by atoms with van der Waals surface area (Å²) in [5.74, 6) is 1.04.